The second-order valence-corrected chi connectivity index (χ2v) is 7.98. The molecule has 0 radical (unpaired) electrons. The van der Waals surface area contributed by atoms with Gasteiger partial charge in [0.1, 0.15) is 5.69 Å². The smallest absolute Gasteiger partial charge is 0.410 e. The monoisotopic (exact) mass is 437 g/mol. The van der Waals surface area contributed by atoms with E-state index in [1.165, 1.54) is 11.3 Å². The fraction of sp³-hybridized carbons (Fsp3) is 0.409. The van der Waals surface area contributed by atoms with E-state index in [2.05, 4.69) is 22.0 Å². The number of hydrogen-bond donors (Lipinski definition) is 0. The van der Waals surface area contributed by atoms with Gasteiger partial charge in [-0.15, -0.1) is 17.8 Å². The van der Waals surface area contributed by atoms with E-state index in [0.29, 0.717) is 31.9 Å². The van der Waals surface area contributed by atoms with Crippen molar-refractivity contribution in [1.29, 1.82) is 5.26 Å². The predicted molar refractivity (Wildman–Crippen MR) is 115 cm³/mol. The second-order valence-electron chi connectivity index (χ2n) is 7.09. The van der Waals surface area contributed by atoms with Crippen molar-refractivity contribution in [2.75, 3.05) is 26.2 Å². The van der Waals surface area contributed by atoms with Crippen molar-refractivity contribution in [3.63, 3.8) is 0 Å². The Balaban J connectivity index is 1.62. The van der Waals surface area contributed by atoms with E-state index in [1.54, 1.807) is 27.6 Å². The van der Waals surface area contributed by atoms with Gasteiger partial charge < -0.3 is 14.5 Å². The number of terminal acetylenes is 1. The molecule has 1 aliphatic rings. The third-order valence-electron chi connectivity index (χ3n) is 5.00. The third-order valence-corrected chi connectivity index (χ3v) is 6.01. The minimum atomic E-state index is -0.394. The molecule has 3 rings (SSSR count). The number of carbonyl (C=O) groups is 2. The van der Waals surface area contributed by atoms with Crippen LogP contribution in [0.3, 0.4) is 0 Å². The number of hydrogen-bond acceptors (Lipinski definition) is 7. The molecule has 0 aliphatic carbocycles. The molecule has 2 aromatic rings. The number of amides is 2. The summed E-state index contributed by atoms with van der Waals surface area (Å²) in [6.45, 7) is 1.80. The summed E-state index contributed by atoms with van der Waals surface area (Å²) >= 11 is 1.46. The molecule has 160 valence electrons. The van der Waals surface area contributed by atoms with E-state index >= 15 is 0 Å². The highest BCUT2D eigenvalue weighted by atomic mass is 32.1. The van der Waals surface area contributed by atoms with Gasteiger partial charge in [-0.25, -0.2) is 9.78 Å². The van der Waals surface area contributed by atoms with Crippen molar-refractivity contribution >= 4 is 23.3 Å². The lowest BCUT2D eigenvalue weighted by atomic mass is 9.98. The zero-order valence-corrected chi connectivity index (χ0v) is 17.9. The van der Waals surface area contributed by atoms with E-state index in [1.807, 2.05) is 12.1 Å². The average molecular weight is 438 g/mol. The Morgan fingerprint density at radius 1 is 1.39 bits per heavy atom. The zero-order valence-electron chi connectivity index (χ0n) is 17.1. The highest BCUT2D eigenvalue weighted by molar-refractivity contribution is 7.09. The summed E-state index contributed by atoms with van der Waals surface area (Å²) in [4.78, 5) is 36.9. The zero-order chi connectivity index (χ0) is 22.1. The SMILES string of the molecule is C#CCOC(=O)N1CCC(c2nc(C(=O)N(CCC#N)Cc3cccnc3)cs2)CC1. The molecule has 0 unspecified atom stereocenters. The van der Waals surface area contributed by atoms with E-state index < -0.39 is 6.09 Å². The number of rotatable bonds is 7. The molecule has 0 spiro atoms. The van der Waals surface area contributed by atoms with Crippen LogP contribution in [-0.4, -0.2) is 58.0 Å². The number of pyridine rings is 1. The number of piperidine rings is 1. The maximum absolute atomic E-state index is 13.0. The molecule has 0 saturated carbocycles. The average Bonchev–Trinajstić information content (AvgIpc) is 3.31. The van der Waals surface area contributed by atoms with E-state index in [0.717, 1.165) is 23.4 Å². The Labute approximate surface area is 185 Å². The molecule has 1 saturated heterocycles. The van der Waals surface area contributed by atoms with Gasteiger partial charge in [0.15, 0.2) is 6.61 Å². The van der Waals surface area contributed by atoms with Gasteiger partial charge in [-0.2, -0.15) is 5.26 Å². The molecule has 1 fully saturated rings. The van der Waals surface area contributed by atoms with Crippen molar-refractivity contribution in [3.8, 4) is 18.4 Å². The van der Waals surface area contributed by atoms with Crippen LogP contribution < -0.4 is 0 Å². The van der Waals surface area contributed by atoms with Gasteiger partial charge in [-0.1, -0.05) is 12.0 Å². The van der Waals surface area contributed by atoms with Gasteiger partial charge in [-0.3, -0.25) is 9.78 Å². The lowest BCUT2D eigenvalue weighted by molar-refractivity contribution is 0.0741. The second kappa shape index (κ2) is 11.1. The molecule has 8 nitrogen and oxygen atoms in total. The van der Waals surface area contributed by atoms with Crippen LogP contribution in [-0.2, 0) is 11.3 Å². The molecule has 9 heteroatoms. The van der Waals surface area contributed by atoms with E-state index in [4.69, 9.17) is 16.4 Å². The minimum absolute atomic E-state index is 0.0297. The fourth-order valence-electron chi connectivity index (χ4n) is 3.39. The molecular formula is C22H23N5O3S. The summed E-state index contributed by atoms with van der Waals surface area (Å²) in [7, 11) is 0. The summed E-state index contributed by atoms with van der Waals surface area (Å²) in [5, 5.41) is 11.6. The third kappa shape index (κ3) is 6.03. The minimum Gasteiger partial charge on any atom is -0.436 e. The van der Waals surface area contributed by atoms with Gasteiger partial charge in [0.05, 0.1) is 17.5 Å². The highest BCUT2D eigenvalue weighted by Crippen LogP contribution is 2.31. The van der Waals surface area contributed by atoms with Crippen LogP contribution in [0.5, 0.6) is 0 Å². The summed E-state index contributed by atoms with van der Waals surface area (Å²) in [5.74, 6) is 2.28. The van der Waals surface area contributed by atoms with Crippen LogP contribution in [0.1, 0.15) is 46.2 Å². The molecular weight excluding hydrogens is 414 g/mol. The number of aromatic nitrogens is 2. The van der Waals surface area contributed by atoms with Crippen LogP contribution in [0.4, 0.5) is 4.79 Å². The van der Waals surface area contributed by atoms with Crippen LogP contribution in [0, 0.1) is 23.7 Å². The number of thiazole rings is 1. The Hall–Kier alpha value is -3.43. The van der Waals surface area contributed by atoms with Crippen molar-refractivity contribution in [2.45, 2.75) is 31.7 Å². The summed E-state index contributed by atoms with van der Waals surface area (Å²) in [5.41, 5.74) is 1.28. The van der Waals surface area contributed by atoms with Crippen LogP contribution in [0.25, 0.3) is 0 Å². The van der Waals surface area contributed by atoms with Crippen LogP contribution in [0.2, 0.25) is 0 Å². The van der Waals surface area contributed by atoms with Crippen molar-refractivity contribution in [1.82, 2.24) is 19.8 Å². The topological polar surface area (TPSA) is 99.4 Å². The van der Waals surface area contributed by atoms with Gasteiger partial charge >= 0.3 is 6.09 Å². The largest absolute Gasteiger partial charge is 0.436 e. The standard InChI is InChI=1S/C22H23N5O3S/c1-2-13-30-22(29)26-11-6-18(7-12-26)20-25-19(16-31-20)21(28)27(10-4-8-23)15-17-5-3-9-24-14-17/h1,3,5,9,14,16,18H,4,6-7,10-13,15H2. The molecule has 0 bridgehead atoms. The first-order chi connectivity index (χ1) is 15.1. The lowest BCUT2D eigenvalue weighted by Gasteiger charge is -2.30. The maximum Gasteiger partial charge on any atom is 0.410 e. The van der Waals surface area contributed by atoms with Crippen LogP contribution >= 0.6 is 11.3 Å². The number of nitriles is 1. The Kier molecular flexibility index (Phi) is 7.97. The van der Waals surface area contributed by atoms with Crippen molar-refractivity contribution in [2.24, 2.45) is 0 Å². The van der Waals surface area contributed by atoms with Crippen molar-refractivity contribution in [3.05, 3.63) is 46.2 Å². The first-order valence-electron chi connectivity index (χ1n) is 9.98. The van der Waals surface area contributed by atoms with Gasteiger partial charge in [0.2, 0.25) is 0 Å². The molecule has 2 amide bonds. The summed E-state index contributed by atoms with van der Waals surface area (Å²) < 4.78 is 4.97. The normalized spacial score (nSPS) is 13.8. The Morgan fingerprint density at radius 2 is 2.19 bits per heavy atom. The molecule has 0 atom stereocenters. The van der Waals surface area contributed by atoms with Crippen LogP contribution in [0.15, 0.2) is 29.9 Å². The van der Waals surface area contributed by atoms with Gasteiger partial charge in [0, 0.05) is 49.9 Å². The molecule has 31 heavy (non-hydrogen) atoms. The number of nitrogens with zero attached hydrogens (tertiary/aromatic N) is 5. The molecule has 0 aromatic carbocycles. The maximum atomic E-state index is 13.0. The van der Waals surface area contributed by atoms with Crippen molar-refractivity contribution < 1.29 is 14.3 Å². The Bertz CT molecular complexity index is 971. The molecule has 1 aliphatic heterocycles. The highest BCUT2D eigenvalue weighted by Gasteiger charge is 2.28. The van der Waals surface area contributed by atoms with E-state index in [-0.39, 0.29) is 24.9 Å². The van der Waals surface area contributed by atoms with E-state index in [9.17, 15) is 9.59 Å². The first-order valence-corrected chi connectivity index (χ1v) is 10.9. The lowest BCUT2D eigenvalue weighted by Crippen LogP contribution is -2.38. The number of likely N-dealkylation sites (tertiary alicyclic amines) is 1. The summed E-state index contributed by atoms with van der Waals surface area (Å²) in [6.07, 6.45) is 9.86. The summed E-state index contributed by atoms with van der Waals surface area (Å²) in [6, 6.07) is 5.81. The first kappa shape index (κ1) is 22.3. The van der Waals surface area contributed by atoms with Gasteiger partial charge in [-0.05, 0) is 24.5 Å². The molecule has 3 heterocycles. The fourth-order valence-corrected chi connectivity index (χ4v) is 4.35. The molecule has 2 aromatic heterocycles. The predicted octanol–water partition coefficient (Wildman–Crippen LogP) is 3.04. The quantitative estimate of drug-likeness (QED) is 0.618. The number of ether oxygens (including phenoxy) is 1. The molecule has 0 N–H and O–H groups in total. The van der Waals surface area contributed by atoms with Gasteiger partial charge in [0.25, 0.3) is 5.91 Å². The Morgan fingerprint density at radius 3 is 2.87 bits per heavy atom. The number of carbonyl (C=O) groups excluding carboxylic acids is 2.